The van der Waals surface area contributed by atoms with E-state index in [4.69, 9.17) is 0 Å². The van der Waals surface area contributed by atoms with Crippen LogP contribution in [0.25, 0.3) is 22.0 Å². The highest BCUT2D eigenvalue weighted by atomic mass is 19.1. The van der Waals surface area contributed by atoms with Gasteiger partial charge in [-0.25, -0.2) is 9.18 Å². The minimum Gasteiger partial charge on any atom is -0.465 e. The average Bonchev–Trinajstić information content (AvgIpc) is 3.42. The molecule has 2 amide bonds. The van der Waals surface area contributed by atoms with Gasteiger partial charge in [0, 0.05) is 41.4 Å². The summed E-state index contributed by atoms with van der Waals surface area (Å²) in [6.07, 6.45) is 1.61. The van der Waals surface area contributed by atoms with Gasteiger partial charge in [-0.3, -0.25) is 14.7 Å². The number of amides is 2. The first-order valence-corrected chi connectivity index (χ1v) is 12.1. The fraction of sp³-hybridized carbons (Fsp3) is 0.103. The van der Waals surface area contributed by atoms with Crippen LogP contribution in [0.15, 0.2) is 96.1 Å². The summed E-state index contributed by atoms with van der Waals surface area (Å²) in [5, 5.41) is 21.6. The van der Waals surface area contributed by atoms with Crippen molar-refractivity contribution in [3.8, 4) is 11.1 Å². The third kappa shape index (κ3) is 5.12. The summed E-state index contributed by atoms with van der Waals surface area (Å²) < 4.78 is 16.7. The van der Waals surface area contributed by atoms with Crippen molar-refractivity contribution in [2.75, 3.05) is 5.32 Å². The number of pyridine rings is 1. The number of H-pyrrole nitrogens is 1. The molecule has 39 heavy (non-hydrogen) atoms. The number of aromatic nitrogens is 3. The number of hydrogen-bond donors (Lipinski definition) is 4. The predicted molar refractivity (Wildman–Crippen MR) is 145 cm³/mol. The fourth-order valence-corrected chi connectivity index (χ4v) is 4.73. The molecule has 0 radical (unpaired) electrons. The van der Waals surface area contributed by atoms with Crippen LogP contribution in [-0.2, 0) is 11.8 Å². The minimum atomic E-state index is -1.37. The van der Waals surface area contributed by atoms with Gasteiger partial charge in [0.25, 0.3) is 5.56 Å². The lowest BCUT2D eigenvalue weighted by Gasteiger charge is -2.27. The molecular weight excluding hydrogens is 501 g/mol. The number of nitrogens with one attached hydrogen (secondary N) is 3. The molecule has 10 heteroatoms. The molecule has 0 bridgehead atoms. The molecule has 5 aromatic rings. The van der Waals surface area contributed by atoms with Gasteiger partial charge in [0.15, 0.2) is 0 Å². The zero-order chi connectivity index (χ0) is 27.5. The van der Waals surface area contributed by atoms with E-state index in [0.717, 1.165) is 17.2 Å². The normalized spacial score (nSPS) is 11.9. The SMILES string of the molecule is Cn1cc(-c2ccc(NC(=O)[C@@H](NC(=O)O)C(c3ccccc3)c3ccccc3)cc2F)c2cn[nH]c2c1=O. The third-order valence-corrected chi connectivity index (χ3v) is 6.53. The zero-order valence-corrected chi connectivity index (χ0v) is 20.8. The molecule has 0 saturated heterocycles. The molecular formula is C29H24FN5O4. The maximum atomic E-state index is 15.4. The molecule has 0 aliphatic carbocycles. The molecule has 0 unspecified atom stereocenters. The van der Waals surface area contributed by atoms with E-state index in [1.54, 1.807) is 7.05 Å². The molecule has 0 fully saturated rings. The van der Waals surface area contributed by atoms with Crippen LogP contribution in [0.4, 0.5) is 14.9 Å². The number of aromatic amines is 1. The first-order valence-electron chi connectivity index (χ1n) is 12.1. The molecule has 0 saturated carbocycles. The van der Waals surface area contributed by atoms with Gasteiger partial charge >= 0.3 is 6.09 Å². The number of carbonyl (C=O) groups is 2. The largest absolute Gasteiger partial charge is 0.465 e. The Kier molecular flexibility index (Phi) is 6.92. The molecule has 3 aromatic carbocycles. The van der Waals surface area contributed by atoms with Crippen LogP contribution in [0, 0.1) is 5.82 Å². The van der Waals surface area contributed by atoms with Crippen molar-refractivity contribution in [2.45, 2.75) is 12.0 Å². The second-order valence-electron chi connectivity index (χ2n) is 9.03. The fourth-order valence-electron chi connectivity index (χ4n) is 4.73. The summed E-state index contributed by atoms with van der Waals surface area (Å²) in [5.74, 6) is -1.94. The van der Waals surface area contributed by atoms with Crippen LogP contribution in [0.5, 0.6) is 0 Å². The summed E-state index contributed by atoms with van der Waals surface area (Å²) in [4.78, 5) is 37.6. The van der Waals surface area contributed by atoms with Crippen LogP contribution < -0.4 is 16.2 Å². The molecule has 5 rings (SSSR count). The molecule has 1 atom stereocenters. The van der Waals surface area contributed by atoms with Gasteiger partial charge in [0.1, 0.15) is 17.4 Å². The number of nitrogens with zero attached hydrogens (tertiary/aromatic N) is 2. The van der Waals surface area contributed by atoms with Crippen molar-refractivity contribution >= 4 is 28.6 Å². The Balaban J connectivity index is 1.49. The second kappa shape index (κ2) is 10.6. The summed E-state index contributed by atoms with van der Waals surface area (Å²) in [5.41, 5.74) is 2.24. The highest BCUT2D eigenvalue weighted by molar-refractivity contribution is 5.98. The topological polar surface area (TPSA) is 129 Å². The summed E-state index contributed by atoms with van der Waals surface area (Å²) in [6, 6.07) is 21.1. The summed E-state index contributed by atoms with van der Waals surface area (Å²) >= 11 is 0. The highest BCUT2D eigenvalue weighted by Gasteiger charge is 2.32. The molecule has 0 aliphatic heterocycles. The van der Waals surface area contributed by atoms with Gasteiger partial charge in [0.2, 0.25) is 5.91 Å². The lowest BCUT2D eigenvalue weighted by atomic mass is 9.84. The van der Waals surface area contributed by atoms with Gasteiger partial charge in [-0.2, -0.15) is 5.10 Å². The number of carbonyl (C=O) groups excluding carboxylic acids is 1. The molecule has 2 heterocycles. The van der Waals surface area contributed by atoms with E-state index >= 15 is 4.39 Å². The van der Waals surface area contributed by atoms with Gasteiger partial charge in [0.05, 0.1) is 6.20 Å². The lowest BCUT2D eigenvalue weighted by molar-refractivity contribution is -0.118. The maximum absolute atomic E-state index is 15.4. The number of carboxylic acid groups (broad SMARTS) is 1. The summed E-state index contributed by atoms with van der Waals surface area (Å²) in [6.45, 7) is 0. The van der Waals surface area contributed by atoms with Crippen LogP contribution in [0.3, 0.4) is 0 Å². The lowest BCUT2D eigenvalue weighted by Crippen LogP contribution is -2.47. The molecule has 0 aliphatic rings. The number of hydrogen-bond acceptors (Lipinski definition) is 4. The van der Waals surface area contributed by atoms with E-state index < -0.39 is 29.8 Å². The Labute approximate surface area is 221 Å². The number of fused-ring (bicyclic) bond motifs is 1. The number of aryl methyl sites for hydroxylation is 1. The van der Waals surface area contributed by atoms with E-state index in [9.17, 15) is 19.5 Å². The minimum absolute atomic E-state index is 0.145. The molecule has 4 N–H and O–H groups in total. The van der Waals surface area contributed by atoms with Gasteiger partial charge < -0.3 is 20.3 Å². The van der Waals surface area contributed by atoms with E-state index in [0.29, 0.717) is 10.9 Å². The predicted octanol–water partition coefficient (Wildman–Crippen LogP) is 4.47. The van der Waals surface area contributed by atoms with Crippen LogP contribution in [-0.4, -0.2) is 37.9 Å². The highest BCUT2D eigenvalue weighted by Crippen LogP contribution is 2.31. The average molecular weight is 526 g/mol. The van der Waals surface area contributed by atoms with E-state index in [-0.39, 0.29) is 22.3 Å². The Bertz CT molecular complexity index is 1680. The van der Waals surface area contributed by atoms with Crippen molar-refractivity contribution < 1.29 is 19.1 Å². The Hall–Kier alpha value is -5.25. The Morgan fingerprint density at radius 3 is 2.21 bits per heavy atom. The number of benzene rings is 3. The standard InChI is InChI=1S/C29H24FN5O4/c1-35-16-22(21-15-31-34-25(21)28(35)37)20-13-12-19(14-23(20)30)32-27(36)26(33-29(38)39)24(17-8-4-2-5-9-17)18-10-6-3-7-11-18/h2-16,24,26,33H,1H3,(H,31,34)(H,32,36)(H,38,39)/t26-/m0/s1. The molecule has 0 spiro atoms. The molecule has 9 nitrogen and oxygen atoms in total. The smallest absolute Gasteiger partial charge is 0.405 e. The zero-order valence-electron chi connectivity index (χ0n) is 20.8. The monoisotopic (exact) mass is 525 g/mol. The van der Waals surface area contributed by atoms with Gasteiger partial charge in [-0.15, -0.1) is 0 Å². The van der Waals surface area contributed by atoms with Crippen molar-refractivity contribution in [3.05, 3.63) is 119 Å². The van der Waals surface area contributed by atoms with Crippen LogP contribution in [0.2, 0.25) is 0 Å². The van der Waals surface area contributed by atoms with E-state index in [1.807, 2.05) is 60.7 Å². The van der Waals surface area contributed by atoms with Crippen molar-refractivity contribution in [3.63, 3.8) is 0 Å². The second-order valence-corrected chi connectivity index (χ2v) is 9.03. The molecule has 2 aromatic heterocycles. The first-order chi connectivity index (χ1) is 18.8. The number of halogens is 1. The van der Waals surface area contributed by atoms with Gasteiger partial charge in [-0.1, -0.05) is 60.7 Å². The maximum Gasteiger partial charge on any atom is 0.405 e. The summed E-state index contributed by atoms with van der Waals surface area (Å²) in [7, 11) is 1.56. The van der Waals surface area contributed by atoms with Crippen molar-refractivity contribution in [1.82, 2.24) is 20.1 Å². The van der Waals surface area contributed by atoms with Gasteiger partial charge in [-0.05, 0) is 29.3 Å². The number of rotatable bonds is 7. The number of anilines is 1. The van der Waals surface area contributed by atoms with Crippen molar-refractivity contribution in [1.29, 1.82) is 0 Å². The van der Waals surface area contributed by atoms with E-state index in [1.165, 1.54) is 29.1 Å². The van der Waals surface area contributed by atoms with E-state index in [2.05, 4.69) is 20.8 Å². The Morgan fingerprint density at radius 1 is 0.974 bits per heavy atom. The van der Waals surface area contributed by atoms with Crippen molar-refractivity contribution in [2.24, 2.45) is 7.05 Å². The Morgan fingerprint density at radius 2 is 1.62 bits per heavy atom. The third-order valence-electron chi connectivity index (χ3n) is 6.53. The van der Waals surface area contributed by atoms with Crippen LogP contribution in [0.1, 0.15) is 17.0 Å². The quantitative estimate of drug-likeness (QED) is 0.249. The molecule has 196 valence electrons. The first kappa shape index (κ1) is 25.4. The van der Waals surface area contributed by atoms with Crippen LogP contribution >= 0.6 is 0 Å².